The molecule has 2 fully saturated rings. The summed E-state index contributed by atoms with van der Waals surface area (Å²) in [6, 6.07) is 10.7. The van der Waals surface area contributed by atoms with E-state index >= 15 is 0 Å². The molecular weight excluding hydrogens is 286 g/mol. The van der Waals surface area contributed by atoms with E-state index in [2.05, 4.69) is 17.0 Å². The van der Waals surface area contributed by atoms with Gasteiger partial charge in [-0.05, 0) is 43.9 Å². The molecule has 0 saturated carbocycles. The summed E-state index contributed by atoms with van der Waals surface area (Å²) in [6.07, 6.45) is 6.51. The van der Waals surface area contributed by atoms with E-state index in [1.807, 2.05) is 23.1 Å². The SMILES string of the molecule is N#Cc1ccccc1CN1CCCC[C@H]1CCN1CCCC1=O. The molecule has 122 valence electrons. The minimum atomic E-state index is 0.321. The zero-order valence-electron chi connectivity index (χ0n) is 13.7. The van der Waals surface area contributed by atoms with E-state index in [9.17, 15) is 10.1 Å². The predicted octanol–water partition coefficient (Wildman–Crippen LogP) is 2.93. The van der Waals surface area contributed by atoms with Gasteiger partial charge in [-0.1, -0.05) is 24.6 Å². The molecule has 3 rings (SSSR count). The van der Waals surface area contributed by atoms with E-state index in [0.29, 0.717) is 11.9 Å². The molecule has 1 aromatic rings. The first-order valence-corrected chi connectivity index (χ1v) is 8.78. The molecule has 1 amide bonds. The molecule has 2 aliphatic heterocycles. The van der Waals surface area contributed by atoms with Crippen molar-refractivity contribution in [3.05, 3.63) is 35.4 Å². The molecular formula is C19H25N3O. The maximum atomic E-state index is 11.8. The fourth-order valence-corrected chi connectivity index (χ4v) is 3.83. The van der Waals surface area contributed by atoms with Crippen LogP contribution in [-0.4, -0.2) is 41.4 Å². The number of amides is 1. The molecule has 2 aliphatic rings. The van der Waals surface area contributed by atoms with Crippen molar-refractivity contribution in [1.29, 1.82) is 5.26 Å². The van der Waals surface area contributed by atoms with Gasteiger partial charge < -0.3 is 4.90 Å². The topological polar surface area (TPSA) is 47.3 Å². The lowest BCUT2D eigenvalue weighted by molar-refractivity contribution is -0.127. The van der Waals surface area contributed by atoms with Gasteiger partial charge in [-0.15, -0.1) is 0 Å². The highest BCUT2D eigenvalue weighted by Crippen LogP contribution is 2.24. The van der Waals surface area contributed by atoms with Gasteiger partial charge >= 0.3 is 0 Å². The normalized spacial score (nSPS) is 22.3. The second kappa shape index (κ2) is 7.61. The Morgan fingerprint density at radius 2 is 2.04 bits per heavy atom. The van der Waals surface area contributed by atoms with Crippen molar-refractivity contribution in [3.8, 4) is 6.07 Å². The minimum absolute atomic E-state index is 0.321. The number of hydrogen-bond donors (Lipinski definition) is 0. The number of likely N-dealkylation sites (tertiary alicyclic amines) is 2. The van der Waals surface area contributed by atoms with Crippen LogP contribution < -0.4 is 0 Å². The third kappa shape index (κ3) is 3.92. The summed E-state index contributed by atoms with van der Waals surface area (Å²) in [5.41, 5.74) is 1.91. The van der Waals surface area contributed by atoms with Gasteiger partial charge in [-0.25, -0.2) is 0 Å². The average Bonchev–Trinajstić information content (AvgIpc) is 3.00. The van der Waals surface area contributed by atoms with Gasteiger partial charge in [0.2, 0.25) is 5.91 Å². The van der Waals surface area contributed by atoms with Crippen LogP contribution >= 0.6 is 0 Å². The Labute approximate surface area is 138 Å². The Bertz CT molecular complexity index is 593. The maximum Gasteiger partial charge on any atom is 0.222 e. The summed E-state index contributed by atoms with van der Waals surface area (Å²) < 4.78 is 0. The highest BCUT2D eigenvalue weighted by atomic mass is 16.2. The van der Waals surface area contributed by atoms with Crippen LogP contribution in [0.25, 0.3) is 0 Å². The standard InChI is InChI=1S/C19H25N3O/c20-14-16-6-1-2-7-17(16)15-22-11-4-3-8-18(22)10-13-21-12-5-9-19(21)23/h1-2,6-7,18H,3-5,8-13,15H2/t18-/m0/s1. The van der Waals surface area contributed by atoms with E-state index in [1.54, 1.807) is 0 Å². The van der Waals surface area contributed by atoms with Gasteiger partial charge in [-0.2, -0.15) is 5.26 Å². The molecule has 0 radical (unpaired) electrons. The van der Waals surface area contributed by atoms with Crippen molar-refractivity contribution in [3.63, 3.8) is 0 Å². The maximum absolute atomic E-state index is 11.8. The van der Waals surface area contributed by atoms with Crippen LogP contribution in [0, 0.1) is 11.3 Å². The Morgan fingerprint density at radius 1 is 1.17 bits per heavy atom. The molecule has 2 saturated heterocycles. The second-order valence-electron chi connectivity index (χ2n) is 6.66. The van der Waals surface area contributed by atoms with Crippen LogP contribution in [0.1, 0.15) is 49.7 Å². The van der Waals surface area contributed by atoms with E-state index in [0.717, 1.165) is 56.6 Å². The zero-order chi connectivity index (χ0) is 16.1. The van der Waals surface area contributed by atoms with E-state index in [4.69, 9.17) is 0 Å². The van der Waals surface area contributed by atoms with Crippen LogP contribution in [-0.2, 0) is 11.3 Å². The summed E-state index contributed by atoms with van der Waals surface area (Å²) in [5.74, 6) is 0.321. The highest BCUT2D eigenvalue weighted by molar-refractivity contribution is 5.78. The van der Waals surface area contributed by atoms with Gasteiger partial charge in [0.15, 0.2) is 0 Å². The molecule has 4 nitrogen and oxygen atoms in total. The van der Waals surface area contributed by atoms with Gasteiger partial charge in [0.1, 0.15) is 0 Å². The molecule has 2 heterocycles. The van der Waals surface area contributed by atoms with Crippen molar-refractivity contribution in [1.82, 2.24) is 9.80 Å². The van der Waals surface area contributed by atoms with Crippen LogP contribution in [0.3, 0.4) is 0 Å². The zero-order valence-corrected chi connectivity index (χ0v) is 13.7. The number of nitrogens with zero attached hydrogens (tertiary/aromatic N) is 3. The number of benzene rings is 1. The molecule has 0 bridgehead atoms. The minimum Gasteiger partial charge on any atom is -0.343 e. The molecule has 0 aromatic heterocycles. The second-order valence-corrected chi connectivity index (χ2v) is 6.66. The van der Waals surface area contributed by atoms with Crippen molar-refractivity contribution in [2.24, 2.45) is 0 Å². The van der Waals surface area contributed by atoms with Crippen LogP contribution in [0.15, 0.2) is 24.3 Å². The molecule has 0 N–H and O–H groups in total. The van der Waals surface area contributed by atoms with Crippen LogP contribution in [0.4, 0.5) is 0 Å². The lowest BCUT2D eigenvalue weighted by Crippen LogP contribution is -2.41. The number of rotatable bonds is 5. The van der Waals surface area contributed by atoms with Gasteiger partial charge in [0.05, 0.1) is 11.6 Å². The summed E-state index contributed by atoms with van der Waals surface area (Å²) in [5, 5.41) is 9.28. The third-order valence-electron chi connectivity index (χ3n) is 5.16. The van der Waals surface area contributed by atoms with Gasteiger partial charge in [-0.3, -0.25) is 9.69 Å². The Morgan fingerprint density at radius 3 is 2.83 bits per heavy atom. The first-order chi connectivity index (χ1) is 11.3. The molecule has 1 atom stereocenters. The Hall–Kier alpha value is -1.86. The monoisotopic (exact) mass is 311 g/mol. The molecule has 1 aromatic carbocycles. The third-order valence-corrected chi connectivity index (χ3v) is 5.16. The number of hydrogen-bond acceptors (Lipinski definition) is 3. The number of carbonyl (C=O) groups is 1. The summed E-state index contributed by atoms with van der Waals surface area (Å²) in [4.78, 5) is 16.3. The average molecular weight is 311 g/mol. The van der Waals surface area contributed by atoms with Crippen molar-refractivity contribution in [2.75, 3.05) is 19.6 Å². The molecule has 4 heteroatoms. The number of nitriles is 1. The lowest BCUT2D eigenvalue weighted by atomic mass is 9.97. The van der Waals surface area contributed by atoms with Gasteiger partial charge in [0.25, 0.3) is 0 Å². The smallest absolute Gasteiger partial charge is 0.222 e. The molecule has 23 heavy (non-hydrogen) atoms. The quantitative estimate of drug-likeness (QED) is 0.840. The molecule has 0 spiro atoms. The molecule has 0 aliphatic carbocycles. The first kappa shape index (κ1) is 16.0. The van der Waals surface area contributed by atoms with Crippen molar-refractivity contribution in [2.45, 2.75) is 51.1 Å². The van der Waals surface area contributed by atoms with Crippen LogP contribution in [0.5, 0.6) is 0 Å². The first-order valence-electron chi connectivity index (χ1n) is 8.78. The van der Waals surface area contributed by atoms with E-state index in [1.165, 1.54) is 19.3 Å². The predicted molar refractivity (Wildman–Crippen MR) is 89.6 cm³/mol. The Balaban J connectivity index is 1.62. The Kier molecular flexibility index (Phi) is 5.30. The number of carbonyl (C=O) groups excluding carboxylic acids is 1. The summed E-state index contributed by atoms with van der Waals surface area (Å²) in [7, 11) is 0. The highest BCUT2D eigenvalue weighted by Gasteiger charge is 2.26. The lowest BCUT2D eigenvalue weighted by Gasteiger charge is -2.36. The molecule has 0 unspecified atom stereocenters. The summed E-state index contributed by atoms with van der Waals surface area (Å²) in [6.45, 7) is 3.77. The number of piperidine rings is 1. The van der Waals surface area contributed by atoms with E-state index in [-0.39, 0.29) is 0 Å². The van der Waals surface area contributed by atoms with Gasteiger partial charge in [0, 0.05) is 32.1 Å². The van der Waals surface area contributed by atoms with E-state index < -0.39 is 0 Å². The fraction of sp³-hybridized carbons (Fsp3) is 0.579. The largest absolute Gasteiger partial charge is 0.343 e. The fourth-order valence-electron chi connectivity index (χ4n) is 3.83. The van der Waals surface area contributed by atoms with Crippen LogP contribution in [0.2, 0.25) is 0 Å². The summed E-state index contributed by atoms with van der Waals surface area (Å²) >= 11 is 0. The van der Waals surface area contributed by atoms with Crippen molar-refractivity contribution >= 4 is 5.91 Å². The van der Waals surface area contributed by atoms with Crippen molar-refractivity contribution < 1.29 is 4.79 Å².